The average molecular weight is 264 g/mol. The van der Waals surface area contributed by atoms with Crippen LogP contribution in [0.2, 0.25) is 0 Å². The van der Waals surface area contributed by atoms with Gasteiger partial charge in [-0.1, -0.05) is 0 Å². The molecule has 2 aromatic rings. The van der Waals surface area contributed by atoms with Crippen LogP contribution in [0.25, 0.3) is 11.0 Å². The molecule has 3 N–H and O–H groups in total. The maximum absolute atomic E-state index is 10.0. The summed E-state index contributed by atoms with van der Waals surface area (Å²) in [6, 6.07) is 1.88. The minimum atomic E-state index is -0.652. The topological polar surface area (TPSA) is 92.4 Å². The first-order chi connectivity index (χ1) is 9.24. The fraction of sp³-hybridized carbons (Fsp3) is 0.500. The van der Waals surface area contributed by atoms with Crippen molar-refractivity contribution in [3.05, 3.63) is 18.6 Å². The van der Waals surface area contributed by atoms with Gasteiger partial charge in [-0.15, -0.1) is 0 Å². The maximum atomic E-state index is 10.0. The summed E-state index contributed by atoms with van der Waals surface area (Å²) >= 11 is 0. The minimum Gasteiger partial charge on any atom is -0.394 e. The van der Waals surface area contributed by atoms with Gasteiger partial charge in [0.1, 0.15) is 23.9 Å². The van der Waals surface area contributed by atoms with Gasteiger partial charge in [-0.25, -0.2) is 9.97 Å². The predicted molar refractivity (Wildman–Crippen MR) is 68.7 cm³/mol. The molecule has 0 amide bonds. The second-order valence-corrected chi connectivity index (χ2v) is 4.57. The Morgan fingerprint density at radius 3 is 3.05 bits per heavy atom. The van der Waals surface area contributed by atoms with E-state index in [1.165, 1.54) is 6.33 Å². The average Bonchev–Trinajstić information content (AvgIpc) is 3.01. The summed E-state index contributed by atoms with van der Waals surface area (Å²) < 4.78 is 7.41. The summed E-state index contributed by atoms with van der Waals surface area (Å²) in [5, 5.41) is 23.0. The first-order valence-electron chi connectivity index (χ1n) is 6.18. The van der Waals surface area contributed by atoms with Crippen LogP contribution in [0.3, 0.4) is 0 Å². The zero-order valence-electron chi connectivity index (χ0n) is 10.5. The third-order valence-corrected chi connectivity index (χ3v) is 3.39. The van der Waals surface area contributed by atoms with Crippen LogP contribution < -0.4 is 5.32 Å². The SMILES string of the molecule is CNc1ncnc2c1ccn2[C@@H]1O[C@H](CO)C[C@H]1O. The van der Waals surface area contributed by atoms with Gasteiger partial charge in [0.05, 0.1) is 18.1 Å². The molecule has 19 heavy (non-hydrogen) atoms. The highest BCUT2D eigenvalue weighted by molar-refractivity contribution is 5.87. The molecule has 0 radical (unpaired) electrons. The Morgan fingerprint density at radius 2 is 2.37 bits per heavy atom. The van der Waals surface area contributed by atoms with E-state index in [0.717, 1.165) is 11.2 Å². The summed E-state index contributed by atoms with van der Waals surface area (Å²) in [6.07, 6.45) is 2.20. The van der Waals surface area contributed by atoms with Gasteiger partial charge in [0.25, 0.3) is 0 Å². The van der Waals surface area contributed by atoms with Gasteiger partial charge in [-0.05, 0) is 6.07 Å². The van der Waals surface area contributed by atoms with Crippen molar-refractivity contribution in [3.63, 3.8) is 0 Å². The zero-order valence-corrected chi connectivity index (χ0v) is 10.5. The Kier molecular flexibility index (Phi) is 3.09. The lowest BCUT2D eigenvalue weighted by Crippen LogP contribution is -2.19. The number of fused-ring (bicyclic) bond motifs is 1. The lowest BCUT2D eigenvalue weighted by molar-refractivity contribution is -0.0484. The molecule has 102 valence electrons. The lowest BCUT2D eigenvalue weighted by Gasteiger charge is -2.17. The molecule has 7 nitrogen and oxygen atoms in total. The molecule has 1 aliphatic rings. The summed E-state index contributed by atoms with van der Waals surface area (Å²) in [5.74, 6) is 0.731. The van der Waals surface area contributed by atoms with E-state index in [9.17, 15) is 5.11 Å². The molecular weight excluding hydrogens is 248 g/mol. The van der Waals surface area contributed by atoms with Crippen LogP contribution in [0.1, 0.15) is 12.6 Å². The highest BCUT2D eigenvalue weighted by Gasteiger charge is 2.35. The third kappa shape index (κ3) is 1.95. The highest BCUT2D eigenvalue weighted by Crippen LogP contribution is 2.32. The number of nitrogens with one attached hydrogen (secondary N) is 1. The largest absolute Gasteiger partial charge is 0.394 e. The fourth-order valence-corrected chi connectivity index (χ4v) is 2.47. The molecule has 1 aliphatic heterocycles. The fourth-order valence-electron chi connectivity index (χ4n) is 2.47. The molecule has 0 aliphatic carbocycles. The number of aliphatic hydroxyl groups excluding tert-OH is 2. The van der Waals surface area contributed by atoms with Gasteiger partial charge >= 0.3 is 0 Å². The van der Waals surface area contributed by atoms with Gasteiger partial charge < -0.3 is 24.8 Å². The Balaban J connectivity index is 2.02. The van der Waals surface area contributed by atoms with Crippen molar-refractivity contribution < 1.29 is 14.9 Å². The molecular formula is C12H16N4O3. The first kappa shape index (κ1) is 12.3. The zero-order chi connectivity index (χ0) is 13.4. The van der Waals surface area contributed by atoms with Crippen LogP contribution in [-0.4, -0.2) is 50.6 Å². The van der Waals surface area contributed by atoms with Crippen molar-refractivity contribution in [2.45, 2.75) is 24.9 Å². The van der Waals surface area contributed by atoms with Crippen LogP contribution in [0, 0.1) is 0 Å². The number of anilines is 1. The maximum Gasteiger partial charge on any atom is 0.161 e. The Bertz CT molecular complexity index is 585. The number of hydrogen-bond acceptors (Lipinski definition) is 6. The second-order valence-electron chi connectivity index (χ2n) is 4.57. The van der Waals surface area contributed by atoms with E-state index in [1.807, 2.05) is 12.3 Å². The Labute approximate surface area is 109 Å². The molecule has 0 bridgehead atoms. The second kappa shape index (κ2) is 4.76. The summed E-state index contributed by atoms with van der Waals surface area (Å²) in [5.41, 5.74) is 0.696. The van der Waals surface area contributed by atoms with Crippen LogP contribution in [0.5, 0.6) is 0 Å². The molecule has 0 aromatic carbocycles. The van der Waals surface area contributed by atoms with Crippen LogP contribution in [0.4, 0.5) is 5.82 Å². The smallest absolute Gasteiger partial charge is 0.161 e. The van der Waals surface area contributed by atoms with E-state index < -0.39 is 12.3 Å². The number of aromatic nitrogens is 3. The van der Waals surface area contributed by atoms with Crippen LogP contribution in [0.15, 0.2) is 18.6 Å². The molecule has 1 saturated heterocycles. The van der Waals surface area contributed by atoms with E-state index >= 15 is 0 Å². The molecule has 7 heteroatoms. The van der Waals surface area contributed by atoms with Crippen molar-refractivity contribution >= 4 is 16.9 Å². The number of rotatable bonds is 3. The number of nitrogens with zero attached hydrogens (tertiary/aromatic N) is 3. The van der Waals surface area contributed by atoms with Crippen molar-refractivity contribution in [2.24, 2.45) is 0 Å². The van der Waals surface area contributed by atoms with E-state index in [4.69, 9.17) is 9.84 Å². The van der Waals surface area contributed by atoms with Gasteiger partial charge in [0.2, 0.25) is 0 Å². The summed E-state index contributed by atoms with van der Waals surface area (Å²) in [6.45, 7) is -0.0937. The van der Waals surface area contributed by atoms with Crippen molar-refractivity contribution in [2.75, 3.05) is 19.0 Å². The standard InChI is InChI=1S/C12H16N4O3/c1-13-10-8-2-3-16(11(8)15-6-14-10)12-9(18)4-7(5-17)19-12/h2-3,6-7,9,12,17-18H,4-5H2,1H3,(H,13,14,15)/t7-,9+,12+/m0/s1. The molecule has 0 spiro atoms. The highest BCUT2D eigenvalue weighted by atomic mass is 16.5. The van der Waals surface area contributed by atoms with E-state index in [1.54, 1.807) is 11.6 Å². The molecule has 2 aromatic heterocycles. The first-order valence-corrected chi connectivity index (χ1v) is 6.18. The van der Waals surface area contributed by atoms with Gasteiger partial charge in [0.15, 0.2) is 6.23 Å². The third-order valence-electron chi connectivity index (χ3n) is 3.39. The van der Waals surface area contributed by atoms with Crippen LogP contribution >= 0.6 is 0 Å². The molecule has 0 unspecified atom stereocenters. The van der Waals surface area contributed by atoms with Crippen molar-refractivity contribution in [1.82, 2.24) is 14.5 Å². The van der Waals surface area contributed by atoms with E-state index in [-0.39, 0.29) is 12.7 Å². The molecule has 1 fully saturated rings. The molecule has 0 saturated carbocycles. The summed E-state index contributed by atoms with van der Waals surface area (Å²) in [4.78, 5) is 8.37. The molecule has 3 heterocycles. The van der Waals surface area contributed by atoms with Crippen LogP contribution in [-0.2, 0) is 4.74 Å². The predicted octanol–water partition coefficient (Wildman–Crippen LogP) is 0.114. The minimum absolute atomic E-state index is 0.0937. The quantitative estimate of drug-likeness (QED) is 0.729. The van der Waals surface area contributed by atoms with Crippen molar-refractivity contribution in [1.29, 1.82) is 0 Å². The van der Waals surface area contributed by atoms with Gasteiger partial charge in [-0.3, -0.25) is 0 Å². The van der Waals surface area contributed by atoms with Gasteiger partial charge in [0, 0.05) is 19.7 Å². The number of ether oxygens (including phenoxy) is 1. The van der Waals surface area contributed by atoms with Crippen molar-refractivity contribution in [3.8, 4) is 0 Å². The normalized spacial score (nSPS) is 27.0. The molecule has 3 rings (SSSR count). The lowest BCUT2D eigenvalue weighted by atomic mass is 10.2. The van der Waals surface area contributed by atoms with Gasteiger partial charge in [-0.2, -0.15) is 0 Å². The van der Waals surface area contributed by atoms with E-state index in [0.29, 0.717) is 12.1 Å². The monoisotopic (exact) mass is 264 g/mol. The number of aliphatic hydroxyl groups is 2. The number of hydrogen-bond donors (Lipinski definition) is 3. The summed E-state index contributed by atoms with van der Waals surface area (Å²) in [7, 11) is 1.79. The Morgan fingerprint density at radius 1 is 1.53 bits per heavy atom. The Hall–Kier alpha value is -1.70. The molecule has 3 atom stereocenters. The van der Waals surface area contributed by atoms with E-state index in [2.05, 4.69) is 15.3 Å².